The van der Waals surface area contributed by atoms with E-state index in [0.29, 0.717) is 6.61 Å². The molecule has 1 atom stereocenters. The summed E-state index contributed by atoms with van der Waals surface area (Å²) in [5.74, 6) is -0.382. The largest absolute Gasteiger partial charge is 0.464 e. The van der Waals surface area contributed by atoms with Gasteiger partial charge in [0, 0.05) is 0 Å². The number of carbonyl (C=O) groups excluding carboxylic acids is 1. The number of rotatable bonds is 3. The van der Waals surface area contributed by atoms with Crippen molar-refractivity contribution in [1.29, 1.82) is 0 Å². The molecule has 0 fully saturated rings. The van der Waals surface area contributed by atoms with Crippen LogP contribution in [0.25, 0.3) is 0 Å². The lowest BCUT2D eigenvalue weighted by molar-refractivity contribution is -0.148. The third kappa shape index (κ3) is 2.80. The fourth-order valence-electron chi connectivity index (χ4n) is 0.438. The molecule has 0 aliphatic rings. The van der Waals surface area contributed by atoms with Crippen LogP contribution in [0.4, 0.5) is 0 Å². The molecule has 0 aliphatic carbocycles. The van der Waals surface area contributed by atoms with Crippen LogP contribution < -0.4 is 5.73 Å². The predicted molar refractivity (Wildman–Crippen MR) is 38.3 cm³/mol. The van der Waals surface area contributed by atoms with Crippen LogP contribution in [-0.2, 0) is 9.53 Å². The van der Waals surface area contributed by atoms with Gasteiger partial charge in [0.25, 0.3) is 0 Å². The van der Waals surface area contributed by atoms with Gasteiger partial charge in [-0.05, 0) is 21.0 Å². The summed E-state index contributed by atoms with van der Waals surface area (Å²) < 4.78 is 4.66. The summed E-state index contributed by atoms with van der Waals surface area (Å²) in [4.78, 5) is 12.4. The fourth-order valence-corrected chi connectivity index (χ4v) is 0.438. The van der Waals surface area contributed by atoms with Crippen LogP contribution in [0.15, 0.2) is 0 Å². The molecule has 0 amide bonds. The van der Waals surface area contributed by atoms with Gasteiger partial charge in [-0.1, -0.05) is 0 Å². The summed E-state index contributed by atoms with van der Waals surface area (Å²) >= 11 is 0. The van der Waals surface area contributed by atoms with Crippen LogP contribution >= 0.6 is 0 Å². The molecular formula is C6H14N2O2. The van der Waals surface area contributed by atoms with Gasteiger partial charge in [-0.25, -0.2) is 4.79 Å². The van der Waals surface area contributed by atoms with Gasteiger partial charge in [0.1, 0.15) is 0 Å². The number of hydrogen-bond donors (Lipinski definition) is 1. The van der Waals surface area contributed by atoms with E-state index in [1.165, 1.54) is 0 Å². The van der Waals surface area contributed by atoms with Crippen molar-refractivity contribution in [2.45, 2.75) is 13.1 Å². The second kappa shape index (κ2) is 4.24. The molecule has 60 valence electrons. The number of carbonyl (C=O) groups is 1. The molecule has 0 spiro atoms. The Morgan fingerprint density at radius 2 is 2.20 bits per heavy atom. The Morgan fingerprint density at radius 3 is 2.50 bits per heavy atom. The summed E-state index contributed by atoms with van der Waals surface area (Å²) in [6.07, 6.45) is -0.639. The normalized spacial score (nSPS) is 13.3. The van der Waals surface area contributed by atoms with E-state index in [4.69, 9.17) is 5.73 Å². The van der Waals surface area contributed by atoms with Crippen LogP contribution in [0.5, 0.6) is 0 Å². The Bertz CT molecular complexity index is 114. The minimum Gasteiger partial charge on any atom is -0.464 e. The highest BCUT2D eigenvalue weighted by atomic mass is 16.5. The molecule has 10 heavy (non-hydrogen) atoms. The van der Waals surface area contributed by atoms with E-state index in [0.717, 1.165) is 0 Å². The smallest absolute Gasteiger partial charge is 0.338 e. The second-order valence-electron chi connectivity index (χ2n) is 2.16. The molecule has 4 heteroatoms. The SMILES string of the molecule is CCOC(=O)C(N)N(C)C. The Morgan fingerprint density at radius 1 is 1.70 bits per heavy atom. The predicted octanol–water partition coefficient (Wildman–Crippen LogP) is -0.604. The minimum absolute atomic E-state index is 0.375. The third-order valence-corrected chi connectivity index (χ3v) is 1.08. The first-order chi connectivity index (χ1) is 4.59. The second-order valence-corrected chi connectivity index (χ2v) is 2.16. The zero-order valence-corrected chi connectivity index (χ0v) is 6.63. The van der Waals surface area contributed by atoms with Gasteiger partial charge in [0.15, 0.2) is 6.17 Å². The van der Waals surface area contributed by atoms with E-state index < -0.39 is 6.17 Å². The zero-order valence-electron chi connectivity index (χ0n) is 6.63. The molecule has 0 saturated heterocycles. The third-order valence-electron chi connectivity index (χ3n) is 1.08. The van der Waals surface area contributed by atoms with E-state index in [9.17, 15) is 4.79 Å². The number of hydrogen-bond acceptors (Lipinski definition) is 4. The van der Waals surface area contributed by atoms with Gasteiger partial charge in [-0.15, -0.1) is 0 Å². The molecule has 0 aromatic carbocycles. The summed E-state index contributed by atoms with van der Waals surface area (Å²) in [7, 11) is 3.45. The van der Waals surface area contributed by atoms with E-state index in [1.807, 2.05) is 0 Å². The quantitative estimate of drug-likeness (QED) is 0.426. The highest BCUT2D eigenvalue weighted by Crippen LogP contribution is 1.87. The molecule has 1 unspecified atom stereocenters. The van der Waals surface area contributed by atoms with Crippen LogP contribution in [0.1, 0.15) is 6.92 Å². The average Bonchev–Trinajstić information content (AvgIpc) is 1.87. The van der Waals surface area contributed by atoms with E-state index >= 15 is 0 Å². The molecule has 0 saturated carbocycles. The Kier molecular flexibility index (Phi) is 3.99. The molecule has 0 radical (unpaired) electrons. The van der Waals surface area contributed by atoms with Crippen LogP contribution in [0, 0.1) is 0 Å². The zero-order chi connectivity index (χ0) is 8.15. The number of likely N-dealkylation sites (N-methyl/N-ethyl adjacent to an activating group) is 1. The monoisotopic (exact) mass is 146 g/mol. The van der Waals surface area contributed by atoms with Crippen molar-refractivity contribution in [2.24, 2.45) is 5.73 Å². The first kappa shape index (κ1) is 9.39. The van der Waals surface area contributed by atoms with Gasteiger partial charge in [0.2, 0.25) is 0 Å². The van der Waals surface area contributed by atoms with Crippen molar-refractivity contribution in [2.75, 3.05) is 20.7 Å². The maximum absolute atomic E-state index is 10.8. The van der Waals surface area contributed by atoms with Crippen LogP contribution in [0.2, 0.25) is 0 Å². The molecule has 0 bridgehead atoms. The van der Waals surface area contributed by atoms with Crippen molar-refractivity contribution >= 4 is 5.97 Å². The summed E-state index contributed by atoms with van der Waals surface area (Å²) in [6.45, 7) is 2.13. The number of nitrogens with two attached hydrogens (primary N) is 1. The van der Waals surface area contributed by atoms with Gasteiger partial charge in [0.05, 0.1) is 6.61 Å². The highest BCUT2D eigenvalue weighted by Gasteiger charge is 2.15. The van der Waals surface area contributed by atoms with Gasteiger partial charge >= 0.3 is 5.97 Å². The molecule has 0 heterocycles. The standard InChI is InChI=1S/C6H14N2O2/c1-4-10-6(9)5(7)8(2)3/h5H,4,7H2,1-3H3. The number of nitrogens with zero attached hydrogens (tertiary/aromatic N) is 1. The lowest BCUT2D eigenvalue weighted by atomic mass is 10.5. The molecule has 0 aromatic rings. The van der Waals surface area contributed by atoms with E-state index in [1.54, 1.807) is 25.9 Å². The van der Waals surface area contributed by atoms with Crippen molar-refractivity contribution in [3.8, 4) is 0 Å². The fraction of sp³-hybridized carbons (Fsp3) is 0.833. The summed E-state index contributed by atoms with van der Waals surface area (Å²) in [5.41, 5.74) is 5.40. The molecule has 4 nitrogen and oxygen atoms in total. The lowest BCUT2D eigenvalue weighted by Crippen LogP contribution is -2.44. The van der Waals surface area contributed by atoms with Gasteiger partial charge < -0.3 is 10.5 Å². The van der Waals surface area contributed by atoms with Crippen molar-refractivity contribution in [1.82, 2.24) is 4.90 Å². The highest BCUT2D eigenvalue weighted by molar-refractivity contribution is 5.74. The summed E-state index contributed by atoms with van der Waals surface area (Å²) in [5, 5.41) is 0. The van der Waals surface area contributed by atoms with Gasteiger partial charge in [-0.2, -0.15) is 0 Å². The lowest BCUT2D eigenvalue weighted by Gasteiger charge is -2.16. The summed E-state index contributed by atoms with van der Waals surface area (Å²) in [6, 6.07) is 0. The molecular weight excluding hydrogens is 132 g/mol. The maximum atomic E-state index is 10.8. The average molecular weight is 146 g/mol. The first-order valence-corrected chi connectivity index (χ1v) is 3.18. The number of esters is 1. The minimum atomic E-state index is -0.639. The van der Waals surface area contributed by atoms with Crippen LogP contribution in [0.3, 0.4) is 0 Å². The maximum Gasteiger partial charge on any atom is 0.338 e. The number of ether oxygens (including phenoxy) is 1. The van der Waals surface area contributed by atoms with Crippen molar-refractivity contribution < 1.29 is 9.53 Å². The first-order valence-electron chi connectivity index (χ1n) is 3.18. The molecule has 2 N–H and O–H groups in total. The Labute approximate surface area is 60.9 Å². The molecule has 0 rings (SSSR count). The van der Waals surface area contributed by atoms with E-state index in [-0.39, 0.29) is 5.97 Å². The molecule has 0 aliphatic heterocycles. The van der Waals surface area contributed by atoms with Crippen LogP contribution in [-0.4, -0.2) is 37.7 Å². The molecule has 0 aromatic heterocycles. The topological polar surface area (TPSA) is 55.6 Å². The van der Waals surface area contributed by atoms with Gasteiger partial charge in [-0.3, -0.25) is 4.90 Å². The van der Waals surface area contributed by atoms with Crippen molar-refractivity contribution in [3.63, 3.8) is 0 Å². The Hall–Kier alpha value is -0.610. The van der Waals surface area contributed by atoms with Crippen molar-refractivity contribution in [3.05, 3.63) is 0 Å². The Balaban J connectivity index is 3.71. The van der Waals surface area contributed by atoms with E-state index in [2.05, 4.69) is 4.74 Å².